The summed E-state index contributed by atoms with van der Waals surface area (Å²) in [5.74, 6) is -0.231. The van der Waals surface area contributed by atoms with E-state index in [4.69, 9.17) is 11.6 Å². The van der Waals surface area contributed by atoms with Crippen molar-refractivity contribution in [3.63, 3.8) is 0 Å². The maximum Gasteiger partial charge on any atom is 0.274 e. The largest absolute Gasteiger partial charge is 0.317 e. The minimum atomic E-state index is -0.231. The average Bonchev–Trinajstić information content (AvgIpc) is 3.06. The lowest BCUT2D eigenvalue weighted by Gasteiger charge is -2.07. The zero-order valence-corrected chi connectivity index (χ0v) is 16.0. The van der Waals surface area contributed by atoms with E-state index in [1.54, 1.807) is 6.20 Å². The number of carbonyl (C=O) groups excluding carboxylic acids is 1. The van der Waals surface area contributed by atoms with Crippen molar-refractivity contribution in [1.82, 2.24) is 20.0 Å². The van der Waals surface area contributed by atoms with Crippen LogP contribution in [0.15, 0.2) is 30.5 Å². The van der Waals surface area contributed by atoms with Crippen LogP contribution in [0.5, 0.6) is 0 Å². The van der Waals surface area contributed by atoms with Crippen molar-refractivity contribution < 1.29 is 4.79 Å². The quantitative estimate of drug-likeness (QED) is 0.588. The summed E-state index contributed by atoms with van der Waals surface area (Å²) in [6.45, 7) is 4.39. The van der Waals surface area contributed by atoms with E-state index >= 15 is 0 Å². The van der Waals surface area contributed by atoms with Crippen LogP contribution in [-0.4, -0.2) is 25.9 Å². The summed E-state index contributed by atoms with van der Waals surface area (Å²) in [5, 5.41) is 14.7. The predicted octanol–water partition coefficient (Wildman–Crippen LogP) is 3.78. The van der Waals surface area contributed by atoms with Gasteiger partial charge in [-0.1, -0.05) is 23.7 Å². The van der Waals surface area contributed by atoms with Crippen molar-refractivity contribution in [1.29, 1.82) is 0 Å². The van der Waals surface area contributed by atoms with Gasteiger partial charge in [-0.25, -0.2) is 0 Å². The average molecular weight is 456 g/mol. The molecular weight excluding hydrogens is 441 g/mol. The van der Waals surface area contributed by atoms with Gasteiger partial charge in [0.15, 0.2) is 0 Å². The zero-order valence-electron chi connectivity index (χ0n) is 13.1. The minimum absolute atomic E-state index is 0.231. The van der Waals surface area contributed by atoms with Crippen molar-refractivity contribution in [2.75, 3.05) is 5.32 Å². The van der Waals surface area contributed by atoms with Gasteiger partial charge in [-0.2, -0.15) is 10.2 Å². The Bertz CT molecular complexity index is 902. The highest BCUT2D eigenvalue weighted by molar-refractivity contribution is 14.1. The van der Waals surface area contributed by atoms with Crippen molar-refractivity contribution in [3.8, 4) is 0 Å². The number of nitrogens with zero attached hydrogens (tertiary/aromatic N) is 3. The van der Waals surface area contributed by atoms with Crippen molar-refractivity contribution in [2.24, 2.45) is 0 Å². The highest BCUT2D eigenvalue weighted by Gasteiger charge is 2.18. The molecule has 0 aliphatic heterocycles. The first kappa shape index (κ1) is 17.0. The zero-order chi connectivity index (χ0) is 17.3. The summed E-state index contributed by atoms with van der Waals surface area (Å²) in [5.41, 5.74) is 3.85. The van der Waals surface area contributed by atoms with Crippen molar-refractivity contribution >= 4 is 45.8 Å². The molecule has 1 amide bonds. The van der Waals surface area contributed by atoms with E-state index < -0.39 is 0 Å². The SMILES string of the molecule is Cc1nn(Cc2cccc(Cl)c2)c(C)c1NC(=O)c1[nH]ncc1I. The van der Waals surface area contributed by atoms with E-state index in [0.717, 1.165) is 20.5 Å². The highest BCUT2D eigenvalue weighted by Crippen LogP contribution is 2.22. The summed E-state index contributed by atoms with van der Waals surface area (Å²) in [6, 6.07) is 7.65. The van der Waals surface area contributed by atoms with Crippen LogP contribution in [0.3, 0.4) is 0 Å². The normalized spacial score (nSPS) is 10.8. The van der Waals surface area contributed by atoms with Gasteiger partial charge in [0.1, 0.15) is 5.69 Å². The number of aromatic amines is 1. The number of amides is 1. The second-order valence-electron chi connectivity index (χ2n) is 5.38. The van der Waals surface area contributed by atoms with Gasteiger partial charge in [-0.3, -0.25) is 14.6 Å². The lowest BCUT2D eigenvalue weighted by Crippen LogP contribution is -2.15. The fraction of sp³-hybridized carbons (Fsp3) is 0.188. The maximum atomic E-state index is 12.4. The summed E-state index contributed by atoms with van der Waals surface area (Å²) in [7, 11) is 0. The Balaban J connectivity index is 1.84. The molecule has 0 atom stereocenters. The van der Waals surface area contributed by atoms with Gasteiger partial charge in [0.05, 0.1) is 33.4 Å². The molecule has 0 saturated carbocycles. The third-order valence-electron chi connectivity index (χ3n) is 3.66. The van der Waals surface area contributed by atoms with Crippen LogP contribution < -0.4 is 5.32 Å². The number of benzene rings is 1. The van der Waals surface area contributed by atoms with Gasteiger partial charge < -0.3 is 5.32 Å². The first-order valence-corrected chi connectivity index (χ1v) is 8.70. The minimum Gasteiger partial charge on any atom is -0.317 e. The van der Waals surface area contributed by atoms with E-state index in [-0.39, 0.29) is 5.91 Å². The molecule has 1 aromatic carbocycles. The van der Waals surface area contributed by atoms with Gasteiger partial charge in [-0.05, 0) is 54.1 Å². The number of hydrogen-bond acceptors (Lipinski definition) is 3. The molecule has 24 heavy (non-hydrogen) atoms. The van der Waals surface area contributed by atoms with Crippen LogP contribution in [0.2, 0.25) is 5.02 Å². The molecule has 8 heteroatoms. The lowest BCUT2D eigenvalue weighted by molar-refractivity contribution is 0.102. The van der Waals surface area contributed by atoms with Crippen LogP contribution in [0.4, 0.5) is 5.69 Å². The maximum absolute atomic E-state index is 12.4. The Morgan fingerprint density at radius 3 is 2.88 bits per heavy atom. The fourth-order valence-corrected chi connectivity index (χ4v) is 3.16. The van der Waals surface area contributed by atoms with Gasteiger partial charge in [0.25, 0.3) is 5.91 Å². The van der Waals surface area contributed by atoms with Crippen molar-refractivity contribution in [3.05, 3.63) is 61.7 Å². The molecule has 6 nitrogen and oxygen atoms in total. The number of aryl methyl sites for hydroxylation is 1. The Morgan fingerprint density at radius 2 is 2.21 bits per heavy atom. The molecule has 124 valence electrons. The van der Waals surface area contributed by atoms with Crippen LogP contribution >= 0.6 is 34.2 Å². The number of halogens is 2. The first-order valence-electron chi connectivity index (χ1n) is 7.24. The third-order valence-corrected chi connectivity index (χ3v) is 4.71. The number of rotatable bonds is 4. The smallest absolute Gasteiger partial charge is 0.274 e. The standard InChI is InChI=1S/C16H15ClIN5O/c1-9-14(20-16(24)15-13(18)7-19-21-15)10(2)23(22-9)8-11-4-3-5-12(17)6-11/h3-7H,8H2,1-2H3,(H,19,21)(H,20,24). The molecule has 0 saturated heterocycles. The molecule has 0 spiro atoms. The Labute approximate surface area is 157 Å². The van der Waals surface area contributed by atoms with Gasteiger partial charge in [0, 0.05) is 5.02 Å². The fourth-order valence-electron chi connectivity index (χ4n) is 2.45. The number of anilines is 1. The van der Waals surface area contributed by atoms with E-state index in [1.807, 2.05) is 42.8 Å². The molecule has 3 rings (SSSR count). The topological polar surface area (TPSA) is 75.6 Å². The molecule has 2 aromatic heterocycles. The first-order chi connectivity index (χ1) is 11.5. The molecule has 0 radical (unpaired) electrons. The molecular formula is C16H15ClIN5O. The summed E-state index contributed by atoms with van der Waals surface area (Å²) in [4.78, 5) is 12.4. The highest BCUT2D eigenvalue weighted by atomic mass is 127. The van der Waals surface area contributed by atoms with E-state index in [2.05, 4.69) is 43.2 Å². The second kappa shape index (κ2) is 6.94. The lowest BCUT2D eigenvalue weighted by atomic mass is 10.2. The number of H-pyrrole nitrogens is 1. The summed E-state index contributed by atoms with van der Waals surface area (Å²) < 4.78 is 2.63. The van der Waals surface area contributed by atoms with Crippen LogP contribution in [-0.2, 0) is 6.54 Å². The molecule has 0 aliphatic rings. The van der Waals surface area contributed by atoms with Gasteiger partial charge in [0.2, 0.25) is 0 Å². The van der Waals surface area contributed by atoms with Crippen LogP contribution in [0.25, 0.3) is 0 Å². The molecule has 2 N–H and O–H groups in total. The Morgan fingerprint density at radius 1 is 1.42 bits per heavy atom. The Hall–Kier alpha value is -1.87. The van der Waals surface area contributed by atoms with E-state index in [1.165, 1.54) is 0 Å². The molecule has 2 heterocycles. The van der Waals surface area contributed by atoms with Gasteiger partial charge >= 0.3 is 0 Å². The second-order valence-corrected chi connectivity index (χ2v) is 6.98. The monoisotopic (exact) mass is 455 g/mol. The van der Waals surface area contributed by atoms with E-state index in [0.29, 0.717) is 22.9 Å². The van der Waals surface area contributed by atoms with E-state index in [9.17, 15) is 4.79 Å². The number of nitrogens with one attached hydrogen (secondary N) is 2. The van der Waals surface area contributed by atoms with Crippen LogP contribution in [0.1, 0.15) is 27.4 Å². The number of carbonyl (C=O) groups is 1. The third kappa shape index (κ3) is 3.46. The molecule has 0 aliphatic carbocycles. The molecule has 0 bridgehead atoms. The molecule has 3 aromatic rings. The van der Waals surface area contributed by atoms with Crippen LogP contribution in [0, 0.1) is 17.4 Å². The van der Waals surface area contributed by atoms with Gasteiger partial charge in [-0.15, -0.1) is 0 Å². The van der Waals surface area contributed by atoms with Crippen molar-refractivity contribution in [2.45, 2.75) is 20.4 Å². The Kier molecular flexibility index (Phi) is 4.91. The number of aromatic nitrogens is 4. The molecule has 0 fully saturated rings. The number of hydrogen-bond donors (Lipinski definition) is 2. The summed E-state index contributed by atoms with van der Waals surface area (Å²) >= 11 is 8.10. The predicted molar refractivity (Wildman–Crippen MR) is 102 cm³/mol. The summed E-state index contributed by atoms with van der Waals surface area (Å²) in [6.07, 6.45) is 1.61. The molecule has 0 unspecified atom stereocenters.